The number of rotatable bonds is 6. The summed E-state index contributed by atoms with van der Waals surface area (Å²) in [6, 6.07) is 6.92. The van der Waals surface area contributed by atoms with Gasteiger partial charge in [-0.1, -0.05) is 20.8 Å². The van der Waals surface area contributed by atoms with Crippen molar-refractivity contribution in [1.29, 1.82) is 0 Å². The molecule has 0 fully saturated rings. The van der Waals surface area contributed by atoms with E-state index in [1.54, 1.807) is 24.3 Å². The van der Waals surface area contributed by atoms with Gasteiger partial charge in [0.1, 0.15) is 6.61 Å². The van der Waals surface area contributed by atoms with Crippen molar-refractivity contribution >= 4 is 29.5 Å². The number of alkyl carbamates (subject to hydrolysis) is 1. The van der Waals surface area contributed by atoms with Gasteiger partial charge in [0.2, 0.25) is 17.6 Å². The topological polar surface area (TPSA) is 148 Å². The standard InChI is InChI=1S/C21H29N7O4/c1-20(2,3)17(30)22-14-9-7-13(8-10-14)16-25-27-18(28-26-16)23-15(29)11-12-32-19(31)24-21(4,5)6/h7-10H,11-12H2,1-6H3,(H,22,30)(H,24,31)(H,23,27,28,29). The predicted molar refractivity (Wildman–Crippen MR) is 119 cm³/mol. The molecular formula is C21H29N7O4. The number of carbonyl (C=O) groups is 3. The Balaban J connectivity index is 1.85. The molecule has 0 radical (unpaired) electrons. The predicted octanol–water partition coefficient (Wildman–Crippen LogP) is 2.77. The number of anilines is 2. The first-order chi connectivity index (χ1) is 14.8. The summed E-state index contributed by atoms with van der Waals surface area (Å²) in [6.45, 7) is 10.9. The molecule has 0 aliphatic carbocycles. The second-order valence-corrected chi connectivity index (χ2v) is 9.14. The number of aromatic nitrogens is 4. The fourth-order valence-electron chi connectivity index (χ4n) is 2.18. The highest BCUT2D eigenvalue weighted by molar-refractivity contribution is 5.94. The van der Waals surface area contributed by atoms with E-state index in [1.165, 1.54) is 0 Å². The van der Waals surface area contributed by atoms with Gasteiger partial charge in [-0.2, -0.15) is 0 Å². The summed E-state index contributed by atoms with van der Waals surface area (Å²) < 4.78 is 4.95. The Morgan fingerprint density at radius 2 is 1.47 bits per heavy atom. The van der Waals surface area contributed by atoms with Crippen LogP contribution in [0.2, 0.25) is 0 Å². The average molecular weight is 444 g/mol. The Hall–Kier alpha value is -3.63. The van der Waals surface area contributed by atoms with Crippen LogP contribution in [0.25, 0.3) is 11.4 Å². The van der Waals surface area contributed by atoms with E-state index in [9.17, 15) is 14.4 Å². The molecule has 1 heterocycles. The van der Waals surface area contributed by atoms with Crippen molar-refractivity contribution in [2.45, 2.75) is 53.5 Å². The molecule has 32 heavy (non-hydrogen) atoms. The third-order valence-corrected chi connectivity index (χ3v) is 3.85. The van der Waals surface area contributed by atoms with Crippen LogP contribution < -0.4 is 16.0 Å². The third kappa shape index (κ3) is 8.25. The van der Waals surface area contributed by atoms with E-state index in [2.05, 4.69) is 36.3 Å². The van der Waals surface area contributed by atoms with Crippen molar-refractivity contribution in [3.05, 3.63) is 24.3 Å². The molecule has 0 saturated heterocycles. The van der Waals surface area contributed by atoms with Crippen molar-refractivity contribution in [3.63, 3.8) is 0 Å². The Kier molecular flexibility index (Phi) is 7.79. The van der Waals surface area contributed by atoms with E-state index in [-0.39, 0.29) is 30.7 Å². The SMILES string of the molecule is CC(C)(C)NC(=O)OCCC(=O)Nc1nnc(-c2ccc(NC(=O)C(C)(C)C)cc2)nn1. The zero-order valence-corrected chi connectivity index (χ0v) is 19.1. The molecular weight excluding hydrogens is 414 g/mol. The van der Waals surface area contributed by atoms with E-state index < -0.39 is 23.0 Å². The zero-order chi connectivity index (χ0) is 23.9. The fourth-order valence-corrected chi connectivity index (χ4v) is 2.18. The van der Waals surface area contributed by atoms with Gasteiger partial charge in [0.15, 0.2) is 0 Å². The minimum atomic E-state index is -0.599. The van der Waals surface area contributed by atoms with Gasteiger partial charge >= 0.3 is 6.09 Å². The van der Waals surface area contributed by atoms with Crippen molar-refractivity contribution in [2.75, 3.05) is 17.2 Å². The molecule has 0 saturated carbocycles. The number of hydrogen-bond donors (Lipinski definition) is 3. The summed E-state index contributed by atoms with van der Waals surface area (Å²) in [6.07, 6.45) is -0.664. The second kappa shape index (κ2) is 10.1. The number of benzene rings is 1. The molecule has 2 rings (SSSR count). The van der Waals surface area contributed by atoms with Gasteiger partial charge in [-0.3, -0.25) is 14.9 Å². The molecule has 1 aromatic carbocycles. The van der Waals surface area contributed by atoms with E-state index in [4.69, 9.17) is 4.74 Å². The summed E-state index contributed by atoms with van der Waals surface area (Å²) in [4.78, 5) is 35.5. The van der Waals surface area contributed by atoms with E-state index in [0.29, 0.717) is 11.3 Å². The third-order valence-electron chi connectivity index (χ3n) is 3.85. The number of amides is 3. The normalized spacial score (nSPS) is 11.4. The van der Waals surface area contributed by atoms with Gasteiger partial charge in [0.05, 0.1) is 6.42 Å². The first kappa shape index (κ1) is 24.6. The van der Waals surface area contributed by atoms with Crippen LogP contribution in [0.3, 0.4) is 0 Å². The highest BCUT2D eigenvalue weighted by atomic mass is 16.5. The lowest BCUT2D eigenvalue weighted by atomic mass is 9.95. The first-order valence-electron chi connectivity index (χ1n) is 10.1. The van der Waals surface area contributed by atoms with Crippen LogP contribution in [0, 0.1) is 5.41 Å². The van der Waals surface area contributed by atoms with Crippen molar-refractivity contribution in [3.8, 4) is 11.4 Å². The van der Waals surface area contributed by atoms with Crippen LogP contribution in [-0.4, -0.2) is 50.4 Å². The second-order valence-electron chi connectivity index (χ2n) is 9.14. The van der Waals surface area contributed by atoms with Crippen LogP contribution in [0.5, 0.6) is 0 Å². The molecule has 0 aliphatic heterocycles. The minimum absolute atomic E-state index is 0.0630. The van der Waals surface area contributed by atoms with Gasteiger partial charge in [0.25, 0.3) is 5.95 Å². The van der Waals surface area contributed by atoms with Gasteiger partial charge in [0, 0.05) is 22.2 Å². The van der Waals surface area contributed by atoms with Crippen LogP contribution in [-0.2, 0) is 14.3 Å². The fraction of sp³-hybridized carbons (Fsp3) is 0.476. The smallest absolute Gasteiger partial charge is 0.407 e. The monoisotopic (exact) mass is 443 g/mol. The largest absolute Gasteiger partial charge is 0.449 e. The van der Waals surface area contributed by atoms with E-state index in [1.807, 2.05) is 41.5 Å². The highest BCUT2D eigenvalue weighted by Gasteiger charge is 2.21. The Morgan fingerprint density at radius 3 is 2.00 bits per heavy atom. The molecule has 0 aliphatic rings. The van der Waals surface area contributed by atoms with Crippen molar-refractivity contribution in [1.82, 2.24) is 25.7 Å². The Bertz CT molecular complexity index is 946. The maximum atomic E-state index is 12.1. The summed E-state index contributed by atoms with van der Waals surface area (Å²) in [7, 11) is 0. The number of nitrogens with one attached hydrogen (secondary N) is 3. The molecule has 11 heteroatoms. The lowest BCUT2D eigenvalue weighted by molar-refractivity contribution is -0.123. The van der Waals surface area contributed by atoms with Crippen LogP contribution in [0.4, 0.5) is 16.4 Å². The van der Waals surface area contributed by atoms with Crippen LogP contribution in [0.15, 0.2) is 24.3 Å². The van der Waals surface area contributed by atoms with Gasteiger partial charge in [-0.05, 0) is 45.0 Å². The summed E-state index contributed by atoms with van der Waals surface area (Å²) >= 11 is 0. The Morgan fingerprint density at radius 1 is 0.875 bits per heavy atom. The molecule has 0 bridgehead atoms. The molecule has 3 N–H and O–H groups in total. The van der Waals surface area contributed by atoms with Gasteiger partial charge in [-0.15, -0.1) is 20.4 Å². The maximum absolute atomic E-state index is 12.1. The number of hydrogen-bond acceptors (Lipinski definition) is 8. The Labute approximate surface area is 186 Å². The van der Waals surface area contributed by atoms with E-state index in [0.717, 1.165) is 0 Å². The molecule has 11 nitrogen and oxygen atoms in total. The number of carbonyl (C=O) groups excluding carboxylic acids is 3. The quantitative estimate of drug-likeness (QED) is 0.617. The molecule has 3 amide bonds. The van der Waals surface area contributed by atoms with Crippen LogP contribution >= 0.6 is 0 Å². The summed E-state index contributed by atoms with van der Waals surface area (Å²) in [5, 5.41) is 23.5. The molecule has 172 valence electrons. The van der Waals surface area contributed by atoms with Gasteiger partial charge in [-0.25, -0.2) is 4.79 Å². The molecule has 1 aromatic heterocycles. The van der Waals surface area contributed by atoms with E-state index >= 15 is 0 Å². The first-order valence-corrected chi connectivity index (χ1v) is 10.1. The maximum Gasteiger partial charge on any atom is 0.407 e. The molecule has 0 unspecified atom stereocenters. The number of nitrogens with zero attached hydrogens (tertiary/aromatic N) is 4. The molecule has 0 atom stereocenters. The van der Waals surface area contributed by atoms with Crippen molar-refractivity contribution < 1.29 is 19.1 Å². The average Bonchev–Trinajstić information content (AvgIpc) is 2.67. The van der Waals surface area contributed by atoms with Crippen LogP contribution in [0.1, 0.15) is 48.0 Å². The van der Waals surface area contributed by atoms with Crippen molar-refractivity contribution in [2.24, 2.45) is 5.41 Å². The molecule has 0 spiro atoms. The summed E-state index contributed by atoms with van der Waals surface area (Å²) in [5.74, 6) is -0.333. The van der Waals surface area contributed by atoms with Gasteiger partial charge < -0.3 is 15.4 Å². The molecule has 2 aromatic rings. The lowest BCUT2D eigenvalue weighted by Crippen LogP contribution is -2.41. The lowest BCUT2D eigenvalue weighted by Gasteiger charge is -2.19. The summed E-state index contributed by atoms with van der Waals surface area (Å²) in [5.41, 5.74) is 0.375. The zero-order valence-electron chi connectivity index (χ0n) is 19.1. The number of ether oxygens (including phenoxy) is 1. The minimum Gasteiger partial charge on any atom is -0.449 e. The highest BCUT2D eigenvalue weighted by Crippen LogP contribution is 2.20.